The van der Waals surface area contributed by atoms with Gasteiger partial charge in [-0.05, 0) is 0 Å². The predicted molar refractivity (Wildman–Crippen MR) is 49.8 cm³/mol. The maximum Gasteiger partial charge on any atom is 0.228 e. The summed E-state index contributed by atoms with van der Waals surface area (Å²) >= 11 is 0. The monoisotopic (exact) mass is 200 g/mol. The van der Waals surface area contributed by atoms with E-state index in [0.717, 1.165) is 13.1 Å². The van der Waals surface area contributed by atoms with Gasteiger partial charge < -0.3 is 20.1 Å². The Balaban J connectivity index is 1.86. The minimum absolute atomic E-state index is 0.00725. The van der Waals surface area contributed by atoms with Crippen LogP contribution in [0.5, 0.6) is 0 Å². The summed E-state index contributed by atoms with van der Waals surface area (Å²) in [7, 11) is 0. The van der Waals surface area contributed by atoms with Gasteiger partial charge >= 0.3 is 0 Å². The summed E-state index contributed by atoms with van der Waals surface area (Å²) in [5.41, 5.74) is 0. The van der Waals surface area contributed by atoms with Crippen LogP contribution < -0.4 is 5.32 Å². The van der Waals surface area contributed by atoms with E-state index < -0.39 is 0 Å². The lowest BCUT2D eigenvalue weighted by Crippen LogP contribution is -2.56. The lowest BCUT2D eigenvalue weighted by Gasteiger charge is -2.37. The summed E-state index contributed by atoms with van der Waals surface area (Å²) < 4.78 is 5.28. The molecule has 2 aliphatic rings. The SMILES string of the molecule is O=C(C1CNC1)N1CCOC(CO)C1. The van der Waals surface area contributed by atoms with Crippen LogP contribution in [-0.2, 0) is 9.53 Å². The van der Waals surface area contributed by atoms with Gasteiger partial charge in [0.05, 0.1) is 25.2 Å². The van der Waals surface area contributed by atoms with Crippen molar-refractivity contribution < 1.29 is 14.6 Å². The van der Waals surface area contributed by atoms with Crippen LogP contribution in [0.15, 0.2) is 0 Å². The molecule has 2 saturated heterocycles. The number of rotatable bonds is 2. The number of morpholine rings is 1. The Labute approximate surface area is 83.0 Å². The van der Waals surface area contributed by atoms with Gasteiger partial charge in [0.15, 0.2) is 0 Å². The van der Waals surface area contributed by atoms with Gasteiger partial charge in [0.1, 0.15) is 0 Å². The first-order chi connectivity index (χ1) is 6.81. The van der Waals surface area contributed by atoms with Crippen LogP contribution in [0, 0.1) is 5.92 Å². The van der Waals surface area contributed by atoms with E-state index in [0.29, 0.717) is 19.7 Å². The molecule has 1 unspecified atom stereocenters. The number of hydrogen-bond acceptors (Lipinski definition) is 4. The molecule has 14 heavy (non-hydrogen) atoms. The molecule has 2 rings (SSSR count). The van der Waals surface area contributed by atoms with E-state index in [1.807, 2.05) is 0 Å². The molecule has 5 nitrogen and oxygen atoms in total. The lowest BCUT2D eigenvalue weighted by molar-refractivity contribution is -0.146. The minimum Gasteiger partial charge on any atom is -0.394 e. The highest BCUT2D eigenvalue weighted by atomic mass is 16.5. The topological polar surface area (TPSA) is 61.8 Å². The molecule has 1 atom stereocenters. The molecule has 0 spiro atoms. The van der Waals surface area contributed by atoms with Crippen LogP contribution in [0.4, 0.5) is 0 Å². The fourth-order valence-electron chi connectivity index (χ4n) is 1.75. The molecule has 0 aliphatic carbocycles. The Morgan fingerprint density at radius 1 is 1.57 bits per heavy atom. The first-order valence-electron chi connectivity index (χ1n) is 5.03. The third kappa shape index (κ3) is 1.89. The highest BCUT2D eigenvalue weighted by Gasteiger charge is 2.32. The van der Waals surface area contributed by atoms with Gasteiger partial charge in [0.25, 0.3) is 0 Å². The average Bonchev–Trinajstić information content (AvgIpc) is 2.15. The molecule has 0 aromatic heterocycles. The third-order valence-electron chi connectivity index (χ3n) is 2.78. The zero-order valence-corrected chi connectivity index (χ0v) is 8.11. The van der Waals surface area contributed by atoms with Crippen molar-refractivity contribution in [3.05, 3.63) is 0 Å². The summed E-state index contributed by atoms with van der Waals surface area (Å²) in [5.74, 6) is 0.345. The van der Waals surface area contributed by atoms with E-state index in [2.05, 4.69) is 5.32 Å². The quantitative estimate of drug-likeness (QED) is 0.565. The van der Waals surface area contributed by atoms with E-state index in [1.165, 1.54) is 0 Å². The molecule has 5 heteroatoms. The Bertz CT molecular complexity index is 218. The smallest absolute Gasteiger partial charge is 0.228 e. The molecule has 0 aromatic carbocycles. The molecule has 80 valence electrons. The normalized spacial score (nSPS) is 28.6. The van der Waals surface area contributed by atoms with Gasteiger partial charge in [-0.1, -0.05) is 0 Å². The highest BCUT2D eigenvalue weighted by Crippen LogP contribution is 2.12. The van der Waals surface area contributed by atoms with E-state index in [1.54, 1.807) is 4.90 Å². The second-order valence-electron chi connectivity index (χ2n) is 3.81. The molecular formula is C9H16N2O3. The van der Waals surface area contributed by atoms with Crippen LogP contribution >= 0.6 is 0 Å². The van der Waals surface area contributed by atoms with Gasteiger partial charge in [-0.2, -0.15) is 0 Å². The largest absolute Gasteiger partial charge is 0.394 e. The number of aliphatic hydroxyl groups is 1. The first kappa shape index (κ1) is 9.89. The second-order valence-corrected chi connectivity index (χ2v) is 3.81. The minimum atomic E-state index is -0.194. The van der Waals surface area contributed by atoms with Gasteiger partial charge in [-0.25, -0.2) is 0 Å². The van der Waals surface area contributed by atoms with Crippen molar-refractivity contribution in [1.29, 1.82) is 0 Å². The van der Waals surface area contributed by atoms with E-state index >= 15 is 0 Å². The van der Waals surface area contributed by atoms with Crippen molar-refractivity contribution in [2.75, 3.05) is 39.4 Å². The molecule has 2 aliphatic heterocycles. The van der Waals surface area contributed by atoms with Crippen molar-refractivity contribution in [1.82, 2.24) is 10.2 Å². The maximum absolute atomic E-state index is 11.8. The Kier molecular flexibility index (Phi) is 3.00. The molecular weight excluding hydrogens is 184 g/mol. The zero-order valence-electron chi connectivity index (χ0n) is 8.11. The van der Waals surface area contributed by atoms with Crippen LogP contribution in [0.3, 0.4) is 0 Å². The molecule has 0 aromatic rings. The summed E-state index contributed by atoms with van der Waals surface area (Å²) in [4.78, 5) is 13.6. The Morgan fingerprint density at radius 3 is 2.93 bits per heavy atom. The number of amides is 1. The number of nitrogens with one attached hydrogen (secondary N) is 1. The van der Waals surface area contributed by atoms with Gasteiger partial charge in [0.2, 0.25) is 5.91 Å². The molecule has 2 heterocycles. The number of carbonyl (C=O) groups is 1. The summed E-state index contributed by atoms with van der Waals surface area (Å²) in [6.45, 7) is 3.31. The van der Waals surface area contributed by atoms with Crippen molar-refractivity contribution in [3.63, 3.8) is 0 Å². The highest BCUT2D eigenvalue weighted by molar-refractivity contribution is 5.80. The molecule has 2 N–H and O–H groups in total. The van der Waals surface area contributed by atoms with Crippen molar-refractivity contribution in [2.24, 2.45) is 5.92 Å². The third-order valence-corrected chi connectivity index (χ3v) is 2.78. The summed E-state index contributed by atoms with van der Waals surface area (Å²) in [6, 6.07) is 0. The van der Waals surface area contributed by atoms with E-state index in [9.17, 15) is 4.79 Å². The molecule has 1 amide bonds. The first-order valence-corrected chi connectivity index (χ1v) is 5.03. The number of ether oxygens (including phenoxy) is 1. The predicted octanol–water partition coefficient (Wildman–Crippen LogP) is -1.57. The fraction of sp³-hybridized carbons (Fsp3) is 0.889. The van der Waals surface area contributed by atoms with Crippen LogP contribution in [0.2, 0.25) is 0 Å². The maximum atomic E-state index is 11.8. The van der Waals surface area contributed by atoms with E-state index in [-0.39, 0.29) is 24.5 Å². The molecule has 0 bridgehead atoms. The molecule has 0 saturated carbocycles. The molecule has 2 fully saturated rings. The number of carbonyl (C=O) groups excluding carboxylic acids is 1. The molecule has 0 radical (unpaired) electrons. The average molecular weight is 200 g/mol. The standard InChI is InChI=1S/C9H16N2O3/c12-6-8-5-11(1-2-14-8)9(13)7-3-10-4-7/h7-8,10,12H,1-6H2. The number of nitrogens with zero attached hydrogens (tertiary/aromatic N) is 1. The zero-order chi connectivity index (χ0) is 9.97. The van der Waals surface area contributed by atoms with Crippen LogP contribution in [0.1, 0.15) is 0 Å². The second kappa shape index (κ2) is 4.25. The summed E-state index contributed by atoms with van der Waals surface area (Å²) in [5, 5.41) is 12.0. The fourth-order valence-corrected chi connectivity index (χ4v) is 1.75. The Hall–Kier alpha value is -0.650. The lowest BCUT2D eigenvalue weighted by atomic mass is 10.0. The van der Waals surface area contributed by atoms with Crippen molar-refractivity contribution in [2.45, 2.75) is 6.10 Å². The summed E-state index contributed by atoms with van der Waals surface area (Å²) in [6.07, 6.45) is -0.194. The van der Waals surface area contributed by atoms with Crippen LogP contribution in [0.25, 0.3) is 0 Å². The van der Waals surface area contributed by atoms with Crippen LogP contribution in [-0.4, -0.2) is 61.4 Å². The van der Waals surface area contributed by atoms with E-state index in [4.69, 9.17) is 9.84 Å². The van der Waals surface area contributed by atoms with Crippen molar-refractivity contribution >= 4 is 5.91 Å². The number of hydrogen-bond donors (Lipinski definition) is 2. The number of aliphatic hydroxyl groups excluding tert-OH is 1. The van der Waals surface area contributed by atoms with Crippen molar-refractivity contribution in [3.8, 4) is 0 Å². The van der Waals surface area contributed by atoms with Gasteiger partial charge in [-0.15, -0.1) is 0 Å². The van der Waals surface area contributed by atoms with Gasteiger partial charge in [0, 0.05) is 26.2 Å². The Morgan fingerprint density at radius 2 is 2.36 bits per heavy atom. The van der Waals surface area contributed by atoms with Gasteiger partial charge in [-0.3, -0.25) is 4.79 Å².